The van der Waals surface area contributed by atoms with Crippen LogP contribution in [0.4, 0.5) is 5.69 Å². The second-order valence-corrected chi connectivity index (χ2v) is 14.0. The molecule has 10 rings (SSSR count). The van der Waals surface area contributed by atoms with Gasteiger partial charge in [-0.2, -0.15) is 0 Å². The lowest BCUT2D eigenvalue weighted by atomic mass is 9.90. The lowest BCUT2D eigenvalue weighted by molar-refractivity contribution is 0.0926. The minimum atomic E-state index is -0.374. The highest BCUT2D eigenvalue weighted by molar-refractivity contribution is 6.37. The van der Waals surface area contributed by atoms with Crippen LogP contribution in [0.25, 0.3) is 72.3 Å². The maximum Gasteiger partial charge on any atom is 0.268 e. The van der Waals surface area contributed by atoms with Crippen LogP contribution in [0.15, 0.2) is 164 Å². The monoisotopic (exact) mass is 723 g/mol. The van der Waals surface area contributed by atoms with Crippen LogP contribution in [-0.4, -0.2) is 31.3 Å². The molecule has 7 heteroatoms. The van der Waals surface area contributed by atoms with E-state index < -0.39 is 0 Å². The Hall–Kier alpha value is -7.51. The van der Waals surface area contributed by atoms with E-state index in [9.17, 15) is 4.79 Å². The van der Waals surface area contributed by atoms with E-state index in [1.807, 2.05) is 135 Å². The molecule has 0 atom stereocenters. The number of imide groups is 1. The van der Waals surface area contributed by atoms with Crippen molar-refractivity contribution in [2.75, 3.05) is 4.90 Å². The molecule has 0 aliphatic carbocycles. The first kappa shape index (κ1) is 33.1. The molecule has 0 N–H and O–H groups in total. The molecule has 0 fully saturated rings. The third-order valence-electron chi connectivity index (χ3n) is 10.5. The van der Waals surface area contributed by atoms with Crippen LogP contribution < -0.4 is 4.90 Å². The summed E-state index contributed by atoms with van der Waals surface area (Å²) in [5.74, 6) is 1.18. The number of amides is 2. The van der Waals surface area contributed by atoms with Gasteiger partial charge in [-0.3, -0.25) is 9.59 Å². The Morgan fingerprint density at radius 2 is 1.00 bits per heavy atom. The highest BCUT2D eigenvalue weighted by Gasteiger charge is 2.41. The topological polar surface area (TPSA) is 81.0 Å². The maximum absolute atomic E-state index is 15.3. The van der Waals surface area contributed by atoms with Crippen LogP contribution in [0.2, 0.25) is 0 Å². The molecule has 0 saturated carbocycles. The smallest absolute Gasteiger partial charge is 0.268 e. The Bertz CT molecular complexity index is 2950. The first-order chi connectivity index (χ1) is 27.4. The van der Waals surface area contributed by atoms with E-state index in [1.54, 1.807) is 6.07 Å². The van der Waals surface area contributed by atoms with Crippen LogP contribution in [0, 0.1) is 13.8 Å². The van der Waals surface area contributed by atoms with Crippen LogP contribution in [0.3, 0.4) is 0 Å². The Morgan fingerprint density at radius 3 is 1.64 bits per heavy atom. The van der Waals surface area contributed by atoms with Crippen molar-refractivity contribution in [3.05, 3.63) is 187 Å². The van der Waals surface area contributed by atoms with E-state index in [0.29, 0.717) is 40.0 Å². The van der Waals surface area contributed by atoms with Crippen molar-refractivity contribution < 1.29 is 9.59 Å². The number of benzene rings is 7. The average Bonchev–Trinajstić information content (AvgIpc) is 3.70. The number of fused-ring (bicyclic) bond motifs is 4. The van der Waals surface area contributed by atoms with E-state index in [4.69, 9.17) is 0 Å². The zero-order valence-corrected chi connectivity index (χ0v) is 30.6. The number of rotatable bonds is 6. The van der Waals surface area contributed by atoms with Gasteiger partial charge in [0, 0.05) is 27.5 Å². The number of carbonyl (C=O) groups excluding carboxylic acids is 2. The van der Waals surface area contributed by atoms with Gasteiger partial charge in [-0.1, -0.05) is 115 Å². The third-order valence-corrected chi connectivity index (χ3v) is 10.5. The standard InChI is InChI=1S/C49H33N5O2/c1-30-50-31(2)52-47(51-30)35-25-26-43-41(27-35)37-21-12-13-23-42(37)53(43)44-24-14-22-38-45(44)49(56)54(48(38)55)46-39(33-17-8-4-9-18-33)28-36(32-15-6-3-7-16-32)29-40(46)34-19-10-5-11-20-34/h3-29H,1-2H3. The molecule has 0 spiro atoms. The van der Waals surface area contributed by atoms with Crippen LogP contribution in [-0.2, 0) is 0 Å². The van der Waals surface area contributed by atoms with E-state index in [2.05, 4.69) is 55.9 Å². The normalized spacial score (nSPS) is 12.5. The molecule has 3 heterocycles. The van der Waals surface area contributed by atoms with E-state index in [0.717, 1.165) is 60.8 Å². The van der Waals surface area contributed by atoms with Gasteiger partial charge in [-0.15, -0.1) is 0 Å². The maximum atomic E-state index is 15.3. The van der Waals surface area contributed by atoms with Crippen molar-refractivity contribution in [2.24, 2.45) is 0 Å². The van der Waals surface area contributed by atoms with E-state index in [1.165, 1.54) is 4.90 Å². The highest BCUT2D eigenvalue weighted by atomic mass is 16.2. The van der Waals surface area contributed by atoms with Crippen LogP contribution in [0.5, 0.6) is 0 Å². The molecule has 7 nitrogen and oxygen atoms in total. The summed E-state index contributed by atoms with van der Waals surface area (Å²) in [6.45, 7) is 3.73. The fourth-order valence-electron chi connectivity index (χ4n) is 8.12. The SMILES string of the molecule is Cc1nc(C)nc(-c2ccc3c(c2)c2ccccc2n3-c2cccc3c2C(=O)N(c2c(-c4ccccc4)cc(-c4ccccc4)cc2-c2ccccc2)C3=O)n1. The molecule has 266 valence electrons. The number of aromatic nitrogens is 4. The first-order valence-corrected chi connectivity index (χ1v) is 18.5. The van der Waals surface area contributed by atoms with Crippen molar-refractivity contribution in [1.29, 1.82) is 0 Å². The Kier molecular flexibility index (Phi) is 7.74. The molecule has 0 bridgehead atoms. The van der Waals surface area contributed by atoms with E-state index in [-0.39, 0.29) is 11.8 Å². The summed E-state index contributed by atoms with van der Waals surface area (Å²) in [6.07, 6.45) is 0. The van der Waals surface area contributed by atoms with Crippen LogP contribution >= 0.6 is 0 Å². The fourth-order valence-corrected chi connectivity index (χ4v) is 8.12. The molecule has 0 radical (unpaired) electrons. The molecule has 9 aromatic rings. The molecule has 0 saturated heterocycles. The van der Waals surface area contributed by atoms with Gasteiger partial charge in [0.2, 0.25) is 0 Å². The van der Waals surface area contributed by atoms with Gasteiger partial charge in [-0.25, -0.2) is 19.9 Å². The molecule has 56 heavy (non-hydrogen) atoms. The quantitative estimate of drug-likeness (QED) is 0.160. The number of nitrogens with zero attached hydrogens (tertiary/aromatic N) is 5. The summed E-state index contributed by atoms with van der Waals surface area (Å²) in [4.78, 5) is 45.2. The fraction of sp³-hybridized carbons (Fsp3) is 0.0408. The van der Waals surface area contributed by atoms with Gasteiger partial charge in [0.15, 0.2) is 5.82 Å². The van der Waals surface area contributed by atoms with Crippen molar-refractivity contribution in [2.45, 2.75) is 13.8 Å². The number of hydrogen-bond acceptors (Lipinski definition) is 5. The van der Waals surface area contributed by atoms with Crippen molar-refractivity contribution in [3.63, 3.8) is 0 Å². The number of hydrogen-bond donors (Lipinski definition) is 0. The Balaban J connectivity index is 1.20. The zero-order chi connectivity index (χ0) is 37.9. The minimum absolute atomic E-state index is 0.358. The van der Waals surface area contributed by atoms with Gasteiger partial charge >= 0.3 is 0 Å². The molecule has 2 amide bonds. The molecular weight excluding hydrogens is 691 g/mol. The second kappa shape index (κ2) is 13.1. The summed E-state index contributed by atoms with van der Waals surface area (Å²) in [6, 6.07) is 54.2. The molecule has 1 aliphatic heterocycles. The average molecular weight is 724 g/mol. The number of carbonyl (C=O) groups is 2. The summed E-state index contributed by atoms with van der Waals surface area (Å²) >= 11 is 0. The molecular formula is C49H33N5O2. The molecule has 0 unspecified atom stereocenters. The first-order valence-electron chi connectivity index (χ1n) is 18.5. The zero-order valence-electron chi connectivity index (χ0n) is 30.6. The lowest BCUT2D eigenvalue weighted by Gasteiger charge is -2.24. The minimum Gasteiger partial charge on any atom is -0.308 e. The molecule has 7 aromatic carbocycles. The second-order valence-electron chi connectivity index (χ2n) is 14.0. The van der Waals surface area contributed by atoms with Crippen molar-refractivity contribution in [1.82, 2.24) is 19.5 Å². The van der Waals surface area contributed by atoms with Gasteiger partial charge in [0.05, 0.1) is 33.5 Å². The summed E-state index contributed by atoms with van der Waals surface area (Å²) in [7, 11) is 0. The lowest BCUT2D eigenvalue weighted by Crippen LogP contribution is -2.30. The highest BCUT2D eigenvalue weighted by Crippen LogP contribution is 2.47. The van der Waals surface area contributed by atoms with E-state index >= 15 is 4.79 Å². The van der Waals surface area contributed by atoms with Crippen molar-refractivity contribution in [3.8, 4) is 50.5 Å². The third kappa shape index (κ3) is 5.32. The largest absolute Gasteiger partial charge is 0.308 e. The number of anilines is 1. The summed E-state index contributed by atoms with van der Waals surface area (Å²) in [5.41, 5.74) is 9.97. The van der Waals surface area contributed by atoms with Gasteiger partial charge < -0.3 is 4.57 Å². The van der Waals surface area contributed by atoms with Crippen LogP contribution in [0.1, 0.15) is 32.4 Å². The van der Waals surface area contributed by atoms with Gasteiger partial charge in [0.25, 0.3) is 11.8 Å². The van der Waals surface area contributed by atoms with Gasteiger partial charge in [-0.05, 0) is 84.6 Å². The van der Waals surface area contributed by atoms with Gasteiger partial charge in [0.1, 0.15) is 11.6 Å². The number of para-hydroxylation sites is 1. The Morgan fingerprint density at radius 1 is 0.429 bits per heavy atom. The summed E-state index contributed by atoms with van der Waals surface area (Å²) < 4.78 is 2.10. The Labute approximate surface area is 323 Å². The predicted octanol–water partition coefficient (Wildman–Crippen LogP) is 11.1. The number of aryl methyl sites for hydroxylation is 2. The predicted molar refractivity (Wildman–Crippen MR) is 223 cm³/mol. The molecule has 2 aromatic heterocycles. The molecule has 1 aliphatic rings. The van der Waals surface area contributed by atoms with Crippen molar-refractivity contribution >= 4 is 39.3 Å². The summed E-state index contributed by atoms with van der Waals surface area (Å²) in [5, 5.41) is 1.99.